The van der Waals surface area contributed by atoms with Crippen molar-refractivity contribution in [1.82, 2.24) is 10.6 Å². The molecule has 1 aliphatic heterocycles. The minimum atomic E-state index is 0.0730. The third kappa shape index (κ3) is 3.54. The number of phenolic OH excluding ortho intramolecular Hbond substituents is 1. The Hall–Kier alpha value is -2.49. The van der Waals surface area contributed by atoms with Crippen molar-refractivity contribution in [1.29, 1.82) is 0 Å². The van der Waals surface area contributed by atoms with Crippen LogP contribution in [0.25, 0.3) is 0 Å². The first-order valence-corrected chi connectivity index (χ1v) is 7.19. The number of phenols is 1. The Morgan fingerprint density at radius 2 is 2.00 bits per heavy atom. The molecule has 1 unspecified atom stereocenters. The standard InChI is InChI=1S/C17H19N3O/c21-15-8-4-7-14(12-15)16(20-17-18-9-10-19-17)11-13-5-2-1-3-6-13/h1-8,12,16,21H,9-11H2,(H2,18,19,20). The Labute approximate surface area is 124 Å². The number of hydrogen-bond donors (Lipinski definition) is 3. The highest BCUT2D eigenvalue weighted by Crippen LogP contribution is 2.22. The molecule has 0 bridgehead atoms. The van der Waals surface area contributed by atoms with Crippen molar-refractivity contribution < 1.29 is 5.11 Å². The van der Waals surface area contributed by atoms with Crippen molar-refractivity contribution in [2.75, 3.05) is 13.1 Å². The van der Waals surface area contributed by atoms with Crippen molar-refractivity contribution in [2.45, 2.75) is 12.5 Å². The van der Waals surface area contributed by atoms with Crippen LogP contribution in [0.2, 0.25) is 0 Å². The lowest BCUT2D eigenvalue weighted by Crippen LogP contribution is -2.37. The minimum absolute atomic E-state index is 0.0730. The van der Waals surface area contributed by atoms with Gasteiger partial charge in [0.05, 0.1) is 12.6 Å². The third-order valence-corrected chi connectivity index (χ3v) is 3.54. The lowest BCUT2D eigenvalue weighted by molar-refractivity contribution is 0.473. The first-order chi connectivity index (χ1) is 10.3. The lowest BCUT2D eigenvalue weighted by atomic mass is 9.99. The molecular formula is C17H19N3O. The van der Waals surface area contributed by atoms with Gasteiger partial charge in [0.2, 0.25) is 0 Å². The van der Waals surface area contributed by atoms with Crippen LogP contribution >= 0.6 is 0 Å². The zero-order valence-electron chi connectivity index (χ0n) is 11.8. The van der Waals surface area contributed by atoms with Crippen molar-refractivity contribution >= 4 is 5.96 Å². The molecule has 4 heteroatoms. The first-order valence-electron chi connectivity index (χ1n) is 7.19. The fourth-order valence-electron chi connectivity index (χ4n) is 2.50. The predicted molar refractivity (Wildman–Crippen MR) is 84.4 cm³/mol. The maximum Gasteiger partial charge on any atom is 0.191 e. The van der Waals surface area contributed by atoms with Gasteiger partial charge in [-0.05, 0) is 29.7 Å². The number of aliphatic imine (C=N–C) groups is 1. The molecule has 2 aromatic carbocycles. The number of hydrogen-bond acceptors (Lipinski definition) is 4. The second kappa shape index (κ2) is 6.31. The molecule has 2 aromatic rings. The Kier molecular flexibility index (Phi) is 4.05. The topological polar surface area (TPSA) is 56.6 Å². The van der Waals surface area contributed by atoms with Gasteiger partial charge in [0, 0.05) is 6.54 Å². The molecule has 21 heavy (non-hydrogen) atoms. The first kappa shape index (κ1) is 13.5. The zero-order valence-corrected chi connectivity index (χ0v) is 11.8. The molecule has 0 saturated carbocycles. The van der Waals surface area contributed by atoms with Crippen molar-refractivity contribution in [3.63, 3.8) is 0 Å². The molecule has 0 aromatic heterocycles. The highest BCUT2D eigenvalue weighted by atomic mass is 16.3. The van der Waals surface area contributed by atoms with E-state index in [9.17, 15) is 5.11 Å². The summed E-state index contributed by atoms with van der Waals surface area (Å²) in [4.78, 5) is 4.40. The van der Waals surface area contributed by atoms with Crippen LogP contribution in [0.5, 0.6) is 5.75 Å². The van der Waals surface area contributed by atoms with E-state index in [0.29, 0.717) is 0 Å². The van der Waals surface area contributed by atoms with Crippen LogP contribution in [0.3, 0.4) is 0 Å². The number of rotatable bonds is 4. The summed E-state index contributed by atoms with van der Waals surface area (Å²) in [6, 6.07) is 17.8. The van der Waals surface area contributed by atoms with E-state index in [1.807, 2.05) is 30.3 Å². The van der Waals surface area contributed by atoms with Crippen LogP contribution < -0.4 is 10.6 Å². The molecular weight excluding hydrogens is 262 g/mol. The average Bonchev–Trinajstić information content (AvgIpc) is 3.01. The van der Waals surface area contributed by atoms with Crippen molar-refractivity contribution in [2.24, 2.45) is 4.99 Å². The van der Waals surface area contributed by atoms with Crippen LogP contribution in [-0.4, -0.2) is 24.2 Å². The van der Waals surface area contributed by atoms with Gasteiger partial charge in [0.15, 0.2) is 5.96 Å². The van der Waals surface area contributed by atoms with E-state index >= 15 is 0 Å². The van der Waals surface area contributed by atoms with E-state index in [-0.39, 0.29) is 11.8 Å². The van der Waals surface area contributed by atoms with Gasteiger partial charge in [-0.1, -0.05) is 42.5 Å². The van der Waals surface area contributed by atoms with Gasteiger partial charge in [-0.3, -0.25) is 4.99 Å². The molecule has 3 rings (SSSR count). The molecule has 1 heterocycles. The molecule has 1 atom stereocenters. The molecule has 4 nitrogen and oxygen atoms in total. The Balaban J connectivity index is 1.83. The van der Waals surface area contributed by atoms with E-state index in [2.05, 4.69) is 27.8 Å². The monoisotopic (exact) mass is 281 g/mol. The van der Waals surface area contributed by atoms with Crippen LogP contribution in [0.1, 0.15) is 17.2 Å². The SMILES string of the molecule is Oc1cccc(C(Cc2ccccc2)NC2=NCCN2)c1. The summed E-state index contributed by atoms with van der Waals surface area (Å²) in [6.45, 7) is 1.68. The molecule has 0 amide bonds. The van der Waals surface area contributed by atoms with Crippen molar-refractivity contribution in [3.05, 3.63) is 65.7 Å². The second-order valence-corrected chi connectivity index (χ2v) is 5.14. The summed E-state index contributed by atoms with van der Waals surface area (Å²) in [7, 11) is 0. The quantitative estimate of drug-likeness (QED) is 0.805. The number of nitrogens with zero attached hydrogens (tertiary/aromatic N) is 1. The van der Waals surface area contributed by atoms with Crippen LogP contribution in [0.4, 0.5) is 0 Å². The van der Waals surface area contributed by atoms with E-state index in [1.165, 1.54) is 5.56 Å². The van der Waals surface area contributed by atoms with E-state index in [0.717, 1.165) is 31.0 Å². The van der Waals surface area contributed by atoms with Gasteiger partial charge in [0.1, 0.15) is 5.75 Å². The van der Waals surface area contributed by atoms with Gasteiger partial charge in [-0.2, -0.15) is 0 Å². The normalized spacial score (nSPS) is 15.1. The van der Waals surface area contributed by atoms with Crippen LogP contribution in [0, 0.1) is 0 Å². The summed E-state index contributed by atoms with van der Waals surface area (Å²) in [5.74, 6) is 1.12. The molecule has 0 fully saturated rings. The fraction of sp³-hybridized carbons (Fsp3) is 0.235. The molecule has 0 spiro atoms. The molecule has 0 radical (unpaired) electrons. The highest BCUT2D eigenvalue weighted by molar-refractivity contribution is 5.81. The summed E-state index contributed by atoms with van der Waals surface area (Å²) >= 11 is 0. The molecule has 0 saturated heterocycles. The average molecular weight is 281 g/mol. The van der Waals surface area contributed by atoms with Crippen LogP contribution in [-0.2, 0) is 6.42 Å². The maximum atomic E-state index is 9.72. The highest BCUT2D eigenvalue weighted by Gasteiger charge is 2.16. The third-order valence-electron chi connectivity index (χ3n) is 3.54. The summed E-state index contributed by atoms with van der Waals surface area (Å²) < 4.78 is 0. The Morgan fingerprint density at radius 1 is 1.14 bits per heavy atom. The van der Waals surface area contributed by atoms with Gasteiger partial charge < -0.3 is 15.7 Å². The maximum absolute atomic E-state index is 9.72. The van der Waals surface area contributed by atoms with Gasteiger partial charge in [0.25, 0.3) is 0 Å². The zero-order chi connectivity index (χ0) is 14.5. The van der Waals surface area contributed by atoms with E-state index < -0.39 is 0 Å². The number of aromatic hydroxyl groups is 1. The number of guanidine groups is 1. The largest absolute Gasteiger partial charge is 0.508 e. The lowest BCUT2D eigenvalue weighted by Gasteiger charge is -2.20. The van der Waals surface area contributed by atoms with Gasteiger partial charge >= 0.3 is 0 Å². The Morgan fingerprint density at radius 3 is 2.71 bits per heavy atom. The van der Waals surface area contributed by atoms with E-state index in [1.54, 1.807) is 12.1 Å². The minimum Gasteiger partial charge on any atom is -0.508 e. The van der Waals surface area contributed by atoms with Gasteiger partial charge in [-0.15, -0.1) is 0 Å². The fourth-order valence-corrected chi connectivity index (χ4v) is 2.50. The number of benzene rings is 2. The Bertz CT molecular complexity index is 625. The smallest absolute Gasteiger partial charge is 0.191 e. The van der Waals surface area contributed by atoms with Crippen molar-refractivity contribution in [3.8, 4) is 5.75 Å². The van der Waals surface area contributed by atoms with Crippen LogP contribution in [0.15, 0.2) is 59.6 Å². The predicted octanol–water partition coefficient (Wildman–Crippen LogP) is 2.22. The molecule has 108 valence electrons. The number of nitrogens with one attached hydrogen (secondary N) is 2. The second-order valence-electron chi connectivity index (χ2n) is 5.14. The molecule has 3 N–H and O–H groups in total. The summed E-state index contributed by atoms with van der Waals surface area (Å²) in [5.41, 5.74) is 2.30. The summed E-state index contributed by atoms with van der Waals surface area (Å²) in [5, 5.41) is 16.4. The van der Waals surface area contributed by atoms with E-state index in [4.69, 9.17) is 0 Å². The van der Waals surface area contributed by atoms with Gasteiger partial charge in [-0.25, -0.2) is 0 Å². The molecule has 0 aliphatic carbocycles. The summed E-state index contributed by atoms with van der Waals surface area (Å²) in [6.07, 6.45) is 0.838. The molecule has 1 aliphatic rings.